The first kappa shape index (κ1) is 10.5. The summed E-state index contributed by atoms with van der Waals surface area (Å²) in [6, 6.07) is 0. The second-order valence-electron chi connectivity index (χ2n) is 5.21. The van der Waals surface area contributed by atoms with Gasteiger partial charge in [0.05, 0.1) is 5.69 Å². The number of hydrogen-bond donors (Lipinski definition) is 1. The molecule has 0 saturated carbocycles. The number of fused-ring (bicyclic) bond motifs is 1. The molecule has 2 rings (SSSR count). The van der Waals surface area contributed by atoms with Crippen molar-refractivity contribution in [1.29, 1.82) is 0 Å². The van der Waals surface area contributed by atoms with Crippen LogP contribution in [-0.4, -0.2) is 9.55 Å². The Morgan fingerprint density at radius 2 is 2.27 bits per heavy atom. The van der Waals surface area contributed by atoms with Crippen LogP contribution in [0.25, 0.3) is 0 Å². The highest BCUT2D eigenvalue weighted by Gasteiger charge is 2.21. The number of imidazole rings is 1. The zero-order valence-electron chi connectivity index (χ0n) is 9.95. The Morgan fingerprint density at radius 1 is 1.53 bits per heavy atom. The van der Waals surface area contributed by atoms with Crippen LogP contribution in [0.15, 0.2) is 0 Å². The number of nitrogens with zero attached hydrogens (tertiary/aromatic N) is 2. The van der Waals surface area contributed by atoms with E-state index >= 15 is 0 Å². The number of nitrogen functional groups attached to an aromatic ring is 1. The third-order valence-corrected chi connectivity index (χ3v) is 3.14. The van der Waals surface area contributed by atoms with Crippen molar-refractivity contribution in [3.05, 3.63) is 11.5 Å². The molecule has 0 bridgehead atoms. The lowest BCUT2D eigenvalue weighted by Crippen LogP contribution is -2.18. The molecule has 0 fully saturated rings. The van der Waals surface area contributed by atoms with Crippen molar-refractivity contribution in [1.82, 2.24) is 9.55 Å². The molecule has 1 atom stereocenters. The number of anilines is 1. The zero-order valence-corrected chi connectivity index (χ0v) is 9.95. The van der Waals surface area contributed by atoms with Gasteiger partial charge in [-0.05, 0) is 24.7 Å². The summed E-state index contributed by atoms with van der Waals surface area (Å²) in [4.78, 5) is 4.68. The molecule has 1 aromatic rings. The van der Waals surface area contributed by atoms with Crippen LogP contribution in [0.3, 0.4) is 0 Å². The predicted octanol–water partition coefficient (Wildman–Crippen LogP) is 2.25. The van der Waals surface area contributed by atoms with E-state index in [9.17, 15) is 0 Å². The topological polar surface area (TPSA) is 43.8 Å². The predicted molar refractivity (Wildman–Crippen MR) is 62.7 cm³/mol. The van der Waals surface area contributed by atoms with E-state index in [0.717, 1.165) is 36.8 Å². The molecule has 1 aliphatic rings. The smallest absolute Gasteiger partial charge is 0.126 e. The molecule has 3 heteroatoms. The molecule has 0 radical (unpaired) electrons. The maximum atomic E-state index is 6.12. The van der Waals surface area contributed by atoms with Gasteiger partial charge in [-0.2, -0.15) is 0 Å². The number of hydrogen-bond acceptors (Lipinski definition) is 2. The first-order valence-corrected chi connectivity index (χ1v) is 5.91. The molecule has 2 heterocycles. The maximum absolute atomic E-state index is 6.12. The number of nitrogens with two attached hydrogens (primary N) is 1. The van der Waals surface area contributed by atoms with Crippen molar-refractivity contribution < 1.29 is 0 Å². The lowest BCUT2D eigenvalue weighted by molar-refractivity contribution is 0.412. The summed E-state index contributed by atoms with van der Waals surface area (Å²) in [5, 5.41) is 0. The third-order valence-electron chi connectivity index (χ3n) is 3.14. The molecule has 0 saturated heterocycles. The summed E-state index contributed by atoms with van der Waals surface area (Å²) in [7, 11) is 0. The number of rotatable bonds is 2. The van der Waals surface area contributed by atoms with Gasteiger partial charge < -0.3 is 10.3 Å². The fraction of sp³-hybridized carbons (Fsp3) is 0.750. The molecular weight excluding hydrogens is 186 g/mol. The molecular formula is C12H21N3. The van der Waals surface area contributed by atoms with Crippen LogP contribution >= 0.6 is 0 Å². The lowest BCUT2D eigenvalue weighted by atomic mass is 10.0. The first-order valence-electron chi connectivity index (χ1n) is 5.91. The Labute approximate surface area is 91.7 Å². The molecule has 1 unspecified atom stereocenters. The lowest BCUT2D eigenvalue weighted by Gasteiger charge is -2.20. The highest BCUT2D eigenvalue weighted by molar-refractivity contribution is 5.39. The molecule has 0 aliphatic carbocycles. The minimum atomic E-state index is 0.627. The second-order valence-corrected chi connectivity index (χ2v) is 5.21. The van der Waals surface area contributed by atoms with Crippen LogP contribution in [0.2, 0.25) is 0 Å². The summed E-state index contributed by atoms with van der Waals surface area (Å²) in [5.41, 5.74) is 7.22. The molecule has 2 N–H and O–H groups in total. The van der Waals surface area contributed by atoms with Crippen molar-refractivity contribution >= 4 is 5.82 Å². The van der Waals surface area contributed by atoms with Crippen molar-refractivity contribution in [2.75, 3.05) is 5.73 Å². The van der Waals surface area contributed by atoms with E-state index in [1.807, 2.05) is 0 Å². The highest BCUT2D eigenvalue weighted by Crippen LogP contribution is 2.25. The Morgan fingerprint density at radius 3 is 2.93 bits per heavy atom. The van der Waals surface area contributed by atoms with Gasteiger partial charge in [0.25, 0.3) is 0 Å². The van der Waals surface area contributed by atoms with Gasteiger partial charge in [-0.3, -0.25) is 0 Å². The van der Waals surface area contributed by atoms with Gasteiger partial charge in [-0.25, -0.2) is 4.98 Å². The van der Waals surface area contributed by atoms with Crippen LogP contribution in [-0.2, 0) is 19.4 Å². The maximum Gasteiger partial charge on any atom is 0.126 e. The van der Waals surface area contributed by atoms with Crippen LogP contribution in [0.4, 0.5) is 5.82 Å². The number of aromatic nitrogens is 2. The largest absolute Gasteiger partial charge is 0.384 e. The SMILES string of the molecule is CC(C)Cc1nc2n(c1N)CCC(C)C2. The zero-order chi connectivity index (χ0) is 11.0. The van der Waals surface area contributed by atoms with Crippen molar-refractivity contribution in [3.63, 3.8) is 0 Å². The summed E-state index contributed by atoms with van der Waals surface area (Å²) >= 11 is 0. The molecule has 1 aromatic heterocycles. The third kappa shape index (κ3) is 2.01. The fourth-order valence-electron chi connectivity index (χ4n) is 2.27. The molecule has 0 amide bonds. The summed E-state index contributed by atoms with van der Waals surface area (Å²) < 4.78 is 2.21. The molecule has 3 nitrogen and oxygen atoms in total. The van der Waals surface area contributed by atoms with Crippen LogP contribution in [0, 0.1) is 11.8 Å². The molecule has 0 spiro atoms. The quantitative estimate of drug-likeness (QED) is 0.808. The second kappa shape index (κ2) is 3.87. The van der Waals surface area contributed by atoms with E-state index in [-0.39, 0.29) is 0 Å². The fourth-order valence-corrected chi connectivity index (χ4v) is 2.27. The Balaban J connectivity index is 2.28. The molecule has 84 valence electrons. The standard InChI is InChI=1S/C12H21N3/c1-8(2)6-10-12(13)15-5-4-9(3)7-11(15)14-10/h8-9H,4-7,13H2,1-3H3. The minimum Gasteiger partial charge on any atom is -0.384 e. The average molecular weight is 207 g/mol. The van der Waals surface area contributed by atoms with Gasteiger partial charge in [-0.15, -0.1) is 0 Å². The highest BCUT2D eigenvalue weighted by atomic mass is 15.1. The van der Waals surface area contributed by atoms with E-state index in [1.165, 1.54) is 12.2 Å². The van der Waals surface area contributed by atoms with Crippen LogP contribution in [0.1, 0.15) is 38.7 Å². The van der Waals surface area contributed by atoms with Crippen LogP contribution < -0.4 is 5.73 Å². The normalized spacial score (nSPS) is 20.7. The van der Waals surface area contributed by atoms with Crippen LogP contribution in [0.5, 0.6) is 0 Å². The van der Waals surface area contributed by atoms with Crippen molar-refractivity contribution in [2.24, 2.45) is 11.8 Å². The van der Waals surface area contributed by atoms with E-state index in [4.69, 9.17) is 5.73 Å². The van der Waals surface area contributed by atoms with Gasteiger partial charge >= 0.3 is 0 Å². The van der Waals surface area contributed by atoms with Gasteiger partial charge in [0.1, 0.15) is 11.6 Å². The summed E-state index contributed by atoms with van der Waals surface area (Å²) in [5.74, 6) is 3.49. The van der Waals surface area contributed by atoms with Gasteiger partial charge in [0.2, 0.25) is 0 Å². The average Bonchev–Trinajstić information content (AvgIpc) is 2.42. The van der Waals surface area contributed by atoms with Crippen molar-refractivity contribution in [3.8, 4) is 0 Å². The minimum absolute atomic E-state index is 0.627. The Bertz CT molecular complexity index is 352. The Hall–Kier alpha value is -0.990. The van der Waals surface area contributed by atoms with Gasteiger partial charge in [0.15, 0.2) is 0 Å². The molecule has 15 heavy (non-hydrogen) atoms. The summed E-state index contributed by atoms with van der Waals surface area (Å²) in [6.07, 6.45) is 3.32. The summed E-state index contributed by atoms with van der Waals surface area (Å²) in [6.45, 7) is 7.75. The van der Waals surface area contributed by atoms with Crippen molar-refractivity contribution in [2.45, 2.75) is 46.6 Å². The van der Waals surface area contributed by atoms with Gasteiger partial charge in [0, 0.05) is 13.0 Å². The monoisotopic (exact) mass is 207 g/mol. The van der Waals surface area contributed by atoms with E-state index in [1.54, 1.807) is 0 Å². The van der Waals surface area contributed by atoms with E-state index < -0.39 is 0 Å². The van der Waals surface area contributed by atoms with E-state index in [0.29, 0.717) is 5.92 Å². The van der Waals surface area contributed by atoms with Gasteiger partial charge in [-0.1, -0.05) is 20.8 Å². The molecule has 0 aromatic carbocycles. The Kier molecular flexibility index (Phi) is 2.72. The van der Waals surface area contributed by atoms with E-state index in [2.05, 4.69) is 30.3 Å². The first-order chi connectivity index (χ1) is 7.08. The molecule has 1 aliphatic heterocycles.